The largest absolute Gasteiger partial charge is 0.304 e. The number of aromatic nitrogens is 3. The molecule has 1 N–H and O–H groups in total. The molecule has 1 atom stereocenters. The Morgan fingerprint density at radius 3 is 2.71 bits per heavy atom. The number of nitrogens with one attached hydrogen (secondary N) is 1. The molecule has 0 aliphatic carbocycles. The predicted molar refractivity (Wildman–Crippen MR) is 81.9 cm³/mol. The van der Waals surface area contributed by atoms with Crippen LogP contribution in [0.2, 0.25) is 5.02 Å². The standard InChI is InChI=1S/C15H20ClFN4/c1-3-7-18-14(13-6-5-11(17)9-19-13)15-12(16)10-20-21(15)8-4-2/h5-6,9-10,14,18H,3-4,7-8H2,1-2H3. The van der Waals surface area contributed by atoms with Gasteiger partial charge < -0.3 is 5.32 Å². The average molecular weight is 311 g/mol. The van der Waals surface area contributed by atoms with Crippen molar-refractivity contribution in [1.82, 2.24) is 20.1 Å². The third-order valence-corrected chi connectivity index (χ3v) is 3.48. The normalized spacial score (nSPS) is 12.6. The Kier molecular flexibility index (Phi) is 5.70. The Balaban J connectivity index is 2.40. The van der Waals surface area contributed by atoms with E-state index in [1.807, 2.05) is 4.68 Å². The van der Waals surface area contributed by atoms with Crippen molar-refractivity contribution in [1.29, 1.82) is 0 Å². The summed E-state index contributed by atoms with van der Waals surface area (Å²) in [6.45, 7) is 5.78. The minimum absolute atomic E-state index is 0.188. The molecule has 0 spiro atoms. The number of aryl methyl sites for hydroxylation is 1. The van der Waals surface area contributed by atoms with E-state index in [9.17, 15) is 4.39 Å². The van der Waals surface area contributed by atoms with Crippen LogP contribution in [0.1, 0.15) is 44.1 Å². The quantitative estimate of drug-likeness (QED) is 0.850. The van der Waals surface area contributed by atoms with Gasteiger partial charge in [-0.1, -0.05) is 25.4 Å². The lowest BCUT2D eigenvalue weighted by Gasteiger charge is -2.20. The van der Waals surface area contributed by atoms with Gasteiger partial charge in [-0.15, -0.1) is 0 Å². The van der Waals surface area contributed by atoms with E-state index in [0.29, 0.717) is 5.02 Å². The Labute approximate surface area is 129 Å². The molecule has 0 aliphatic heterocycles. The summed E-state index contributed by atoms with van der Waals surface area (Å²) in [5.74, 6) is -0.346. The number of hydrogen-bond donors (Lipinski definition) is 1. The fourth-order valence-electron chi connectivity index (χ4n) is 2.24. The third kappa shape index (κ3) is 3.80. The summed E-state index contributed by atoms with van der Waals surface area (Å²) in [4.78, 5) is 4.19. The summed E-state index contributed by atoms with van der Waals surface area (Å²) in [5.41, 5.74) is 1.62. The summed E-state index contributed by atoms with van der Waals surface area (Å²) in [7, 11) is 0. The van der Waals surface area contributed by atoms with Crippen LogP contribution in [0.4, 0.5) is 4.39 Å². The van der Waals surface area contributed by atoms with Gasteiger partial charge in [-0.2, -0.15) is 5.10 Å². The highest BCUT2D eigenvalue weighted by atomic mass is 35.5. The summed E-state index contributed by atoms with van der Waals surface area (Å²) in [6, 6.07) is 2.91. The lowest BCUT2D eigenvalue weighted by Crippen LogP contribution is -2.27. The number of halogens is 2. The molecule has 2 aromatic heterocycles. The lowest BCUT2D eigenvalue weighted by molar-refractivity contribution is 0.504. The van der Waals surface area contributed by atoms with Gasteiger partial charge in [-0.3, -0.25) is 9.67 Å². The first-order chi connectivity index (χ1) is 10.2. The Bertz CT molecular complexity index is 568. The molecule has 0 radical (unpaired) electrons. The summed E-state index contributed by atoms with van der Waals surface area (Å²) in [6.07, 6.45) is 4.82. The molecule has 0 fully saturated rings. The highest BCUT2D eigenvalue weighted by Crippen LogP contribution is 2.27. The van der Waals surface area contributed by atoms with Crippen LogP contribution in [0, 0.1) is 5.82 Å². The molecule has 0 aliphatic rings. The highest BCUT2D eigenvalue weighted by molar-refractivity contribution is 6.31. The first-order valence-electron chi connectivity index (χ1n) is 7.23. The highest BCUT2D eigenvalue weighted by Gasteiger charge is 2.22. The van der Waals surface area contributed by atoms with Crippen LogP contribution >= 0.6 is 11.6 Å². The molecular formula is C15H20ClFN4. The van der Waals surface area contributed by atoms with E-state index in [0.717, 1.165) is 37.3 Å². The monoisotopic (exact) mass is 310 g/mol. The molecule has 1 unspecified atom stereocenters. The molecule has 0 aromatic carbocycles. The predicted octanol–water partition coefficient (Wildman–Crippen LogP) is 3.57. The second-order valence-corrected chi connectivity index (χ2v) is 5.30. The van der Waals surface area contributed by atoms with Crippen molar-refractivity contribution in [2.75, 3.05) is 6.54 Å². The van der Waals surface area contributed by atoms with E-state index in [2.05, 4.69) is 29.2 Å². The van der Waals surface area contributed by atoms with E-state index < -0.39 is 0 Å². The van der Waals surface area contributed by atoms with Crippen LogP contribution in [0.25, 0.3) is 0 Å². The van der Waals surface area contributed by atoms with Crippen molar-refractivity contribution in [2.24, 2.45) is 0 Å². The maximum Gasteiger partial charge on any atom is 0.141 e. The molecule has 0 saturated heterocycles. The van der Waals surface area contributed by atoms with Gasteiger partial charge in [0.2, 0.25) is 0 Å². The molecule has 6 heteroatoms. The fourth-order valence-corrected chi connectivity index (χ4v) is 2.49. The van der Waals surface area contributed by atoms with Gasteiger partial charge in [0.05, 0.1) is 34.8 Å². The SMILES string of the molecule is CCCNC(c1ccc(F)cn1)c1c(Cl)cnn1CCC. The Morgan fingerprint density at radius 2 is 2.10 bits per heavy atom. The van der Waals surface area contributed by atoms with Crippen molar-refractivity contribution in [2.45, 2.75) is 39.3 Å². The van der Waals surface area contributed by atoms with E-state index in [-0.39, 0.29) is 11.9 Å². The topological polar surface area (TPSA) is 42.7 Å². The molecule has 0 bridgehead atoms. The van der Waals surface area contributed by atoms with E-state index in [1.165, 1.54) is 12.3 Å². The summed E-state index contributed by atoms with van der Waals surface area (Å²) < 4.78 is 15.0. The first-order valence-corrected chi connectivity index (χ1v) is 7.61. The van der Waals surface area contributed by atoms with E-state index in [4.69, 9.17) is 11.6 Å². The van der Waals surface area contributed by atoms with Crippen molar-refractivity contribution in [3.05, 3.63) is 46.8 Å². The van der Waals surface area contributed by atoms with Gasteiger partial charge in [0.1, 0.15) is 5.82 Å². The maximum absolute atomic E-state index is 13.1. The molecule has 21 heavy (non-hydrogen) atoms. The van der Waals surface area contributed by atoms with Crippen LogP contribution in [0.5, 0.6) is 0 Å². The first kappa shape index (κ1) is 15.9. The molecule has 114 valence electrons. The number of pyridine rings is 1. The van der Waals surface area contributed by atoms with Crippen molar-refractivity contribution < 1.29 is 4.39 Å². The Hall–Kier alpha value is -1.46. The van der Waals surface area contributed by atoms with Crippen LogP contribution < -0.4 is 5.32 Å². The lowest BCUT2D eigenvalue weighted by atomic mass is 10.1. The number of nitrogens with zero attached hydrogens (tertiary/aromatic N) is 3. The molecule has 2 heterocycles. The molecule has 2 rings (SSSR count). The zero-order valence-electron chi connectivity index (χ0n) is 12.3. The zero-order chi connectivity index (χ0) is 15.2. The fraction of sp³-hybridized carbons (Fsp3) is 0.467. The van der Waals surface area contributed by atoms with Gasteiger partial charge in [0, 0.05) is 6.54 Å². The molecule has 2 aromatic rings. The second kappa shape index (κ2) is 7.52. The summed E-state index contributed by atoms with van der Waals surface area (Å²) >= 11 is 6.31. The van der Waals surface area contributed by atoms with Crippen LogP contribution in [-0.2, 0) is 6.54 Å². The average Bonchev–Trinajstić information content (AvgIpc) is 2.83. The van der Waals surface area contributed by atoms with Crippen molar-refractivity contribution in [3.63, 3.8) is 0 Å². The van der Waals surface area contributed by atoms with Gasteiger partial charge in [0.25, 0.3) is 0 Å². The summed E-state index contributed by atoms with van der Waals surface area (Å²) in [5, 5.41) is 8.34. The maximum atomic E-state index is 13.1. The smallest absolute Gasteiger partial charge is 0.141 e. The van der Waals surface area contributed by atoms with Crippen molar-refractivity contribution in [3.8, 4) is 0 Å². The third-order valence-electron chi connectivity index (χ3n) is 3.19. The molecule has 0 saturated carbocycles. The minimum Gasteiger partial charge on any atom is -0.304 e. The number of rotatable bonds is 7. The van der Waals surface area contributed by atoms with Crippen LogP contribution in [-0.4, -0.2) is 21.3 Å². The van der Waals surface area contributed by atoms with Crippen LogP contribution in [0.15, 0.2) is 24.5 Å². The van der Waals surface area contributed by atoms with Gasteiger partial charge >= 0.3 is 0 Å². The van der Waals surface area contributed by atoms with Gasteiger partial charge in [-0.25, -0.2) is 4.39 Å². The Morgan fingerprint density at radius 1 is 1.29 bits per heavy atom. The van der Waals surface area contributed by atoms with Crippen molar-refractivity contribution >= 4 is 11.6 Å². The number of hydrogen-bond acceptors (Lipinski definition) is 3. The van der Waals surface area contributed by atoms with E-state index in [1.54, 1.807) is 12.3 Å². The zero-order valence-corrected chi connectivity index (χ0v) is 13.1. The second-order valence-electron chi connectivity index (χ2n) is 4.89. The van der Waals surface area contributed by atoms with E-state index >= 15 is 0 Å². The molecule has 4 nitrogen and oxygen atoms in total. The van der Waals surface area contributed by atoms with Gasteiger partial charge in [0.15, 0.2) is 0 Å². The van der Waals surface area contributed by atoms with Gasteiger partial charge in [-0.05, 0) is 31.5 Å². The molecular weight excluding hydrogens is 291 g/mol. The minimum atomic E-state index is -0.346. The van der Waals surface area contributed by atoms with Crippen LogP contribution in [0.3, 0.4) is 0 Å². The molecule has 0 amide bonds.